The molecule has 1 atom stereocenters. The number of carbonyl (C=O) groups excluding carboxylic acids is 2. The minimum atomic E-state index is -4.07. The highest BCUT2D eigenvalue weighted by Gasteiger charge is 2.32. The summed E-state index contributed by atoms with van der Waals surface area (Å²) in [5.74, 6) is -0.478. The van der Waals surface area contributed by atoms with Crippen molar-refractivity contribution < 1.29 is 32.2 Å². The molecule has 2 heterocycles. The van der Waals surface area contributed by atoms with Crippen molar-refractivity contribution in [3.8, 4) is 16.9 Å². The number of hydrogen-bond acceptors (Lipinski definition) is 8. The van der Waals surface area contributed by atoms with E-state index in [1.807, 2.05) is 55.5 Å². The molecule has 248 valence electrons. The van der Waals surface area contributed by atoms with Gasteiger partial charge in [-0.05, 0) is 73.7 Å². The number of benzene rings is 3. The van der Waals surface area contributed by atoms with E-state index in [1.165, 1.54) is 31.6 Å². The van der Waals surface area contributed by atoms with Crippen LogP contribution in [0.2, 0.25) is 0 Å². The van der Waals surface area contributed by atoms with E-state index < -0.39 is 33.7 Å². The normalized spacial score (nSPS) is 13.4. The lowest BCUT2D eigenvalue weighted by atomic mass is 9.98. The van der Waals surface area contributed by atoms with Crippen LogP contribution in [0, 0.1) is 6.92 Å². The van der Waals surface area contributed by atoms with E-state index in [0.717, 1.165) is 31.8 Å². The van der Waals surface area contributed by atoms with Crippen LogP contribution in [-0.2, 0) is 30.7 Å². The Labute approximate surface area is 279 Å². The Bertz CT molecular complexity index is 2070. The van der Waals surface area contributed by atoms with Crippen LogP contribution in [0.15, 0.2) is 96.2 Å². The van der Waals surface area contributed by atoms with Gasteiger partial charge < -0.3 is 19.5 Å². The zero-order valence-electron chi connectivity index (χ0n) is 27.4. The van der Waals surface area contributed by atoms with E-state index in [2.05, 4.69) is 10.3 Å². The van der Waals surface area contributed by atoms with Gasteiger partial charge in [0, 0.05) is 23.9 Å². The second kappa shape index (κ2) is 12.8. The lowest BCUT2D eigenvalue weighted by Crippen LogP contribution is -2.46. The third-order valence-electron chi connectivity index (χ3n) is 8.23. The van der Waals surface area contributed by atoms with E-state index >= 15 is 0 Å². The first-order valence-corrected chi connectivity index (χ1v) is 17.0. The van der Waals surface area contributed by atoms with Crippen LogP contribution in [0.1, 0.15) is 48.9 Å². The smallest absolute Gasteiger partial charge is 0.407 e. The van der Waals surface area contributed by atoms with Crippen LogP contribution >= 0.6 is 0 Å². The van der Waals surface area contributed by atoms with E-state index in [0.29, 0.717) is 16.7 Å². The molecule has 1 amide bonds. The number of esters is 1. The van der Waals surface area contributed by atoms with Crippen molar-refractivity contribution in [2.75, 3.05) is 13.7 Å². The molecule has 6 rings (SSSR count). The summed E-state index contributed by atoms with van der Waals surface area (Å²) in [4.78, 5) is 31.4. The van der Waals surface area contributed by atoms with Crippen LogP contribution in [0.5, 0.6) is 5.75 Å². The third-order valence-corrected chi connectivity index (χ3v) is 9.90. The van der Waals surface area contributed by atoms with Gasteiger partial charge in [-0.3, -0.25) is 0 Å². The second-order valence-electron chi connectivity index (χ2n) is 12.8. The van der Waals surface area contributed by atoms with Gasteiger partial charge in [0.05, 0.1) is 18.2 Å². The number of nitrogens with one attached hydrogen (secondary N) is 1. The van der Waals surface area contributed by atoms with Crippen molar-refractivity contribution in [1.29, 1.82) is 0 Å². The molecule has 0 saturated heterocycles. The summed E-state index contributed by atoms with van der Waals surface area (Å²) < 4.78 is 45.5. The molecule has 48 heavy (non-hydrogen) atoms. The maximum absolute atomic E-state index is 13.8. The lowest BCUT2D eigenvalue weighted by molar-refractivity contribution is -0.157. The number of aryl methyl sites for hydroxylation is 1. The molecular weight excluding hydrogens is 630 g/mol. The van der Waals surface area contributed by atoms with Gasteiger partial charge >= 0.3 is 12.1 Å². The van der Waals surface area contributed by atoms with E-state index in [-0.39, 0.29) is 29.5 Å². The highest BCUT2D eigenvalue weighted by molar-refractivity contribution is 7.90. The number of carbonyl (C=O) groups is 2. The first kappa shape index (κ1) is 32.8. The van der Waals surface area contributed by atoms with Crippen LogP contribution < -0.4 is 10.1 Å². The molecule has 10 nitrogen and oxygen atoms in total. The van der Waals surface area contributed by atoms with Gasteiger partial charge in [0.1, 0.15) is 24.0 Å². The molecule has 1 aliphatic carbocycles. The number of ether oxygens (including phenoxy) is 3. The van der Waals surface area contributed by atoms with Crippen molar-refractivity contribution in [1.82, 2.24) is 14.3 Å². The first-order chi connectivity index (χ1) is 22.9. The quantitative estimate of drug-likeness (QED) is 0.180. The van der Waals surface area contributed by atoms with Gasteiger partial charge in [-0.1, -0.05) is 66.2 Å². The third kappa shape index (κ3) is 6.50. The minimum Gasteiger partial charge on any atom is -0.495 e. The number of aromatic nitrogens is 2. The average Bonchev–Trinajstić information content (AvgIpc) is 3.58. The zero-order chi connectivity index (χ0) is 34.2. The maximum atomic E-state index is 13.8. The molecule has 2 aromatic heterocycles. The highest BCUT2D eigenvalue weighted by atomic mass is 32.2. The first-order valence-electron chi connectivity index (χ1n) is 15.6. The monoisotopic (exact) mass is 667 g/mol. The molecule has 0 unspecified atom stereocenters. The largest absolute Gasteiger partial charge is 0.495 e. The Morgan fingerprint density at radius 1 is 0.958 bits per heavy atom. The molecule has 0 fully saturated rings. The molecule has 1 N–H and O–H groups in total. The number of nitrogens with zero attached hydrogens (tertiary/aromatic N) is 2. The Hall–Kier alpha value is -5.16. The number of amides is 1. The number of hydrogen-bond donors (Lipinski definition) is 1. The summed E-state index contributed by atoms with van der Waals surface area (Å²) in [7, 11) is -2.59. The van der Waals surface area contributed by atoms with Crippen LogP contribution in [-0.4, -0.2) is 54.8 Å². The molecule has 3 aromatic carbocycles. The van der Waals surface area contributed by atoms with Crippen LogP contribution in [0.3, 0.4) is 0 Å². The summed E-state index contributed by atoms with van der Waals surface area (Å²) in [5, 5.41) is 3.13. The van der Waals surface area contributed by atoms with Gasteiger partial charge in [-0.25, -0.2) is 27.0 Å². The predicted molar refractivity (Wildman–Crippen MR) is 182 cm³/mol. The highest BCUT2D eigenvalue weighted by Crippen LogP contribution is 2.44. The van der Waals surface area contributed by atoms with Crippen molar-refractivity contribution >= 4 is 33.1 Å². The Kier molecular flexibility index (Phi) is 8.74. The zero-order valence-corrected chi connectivity index (χ0v) is 28.2. The predicted octanol–water partition coefficient (Wildman–Crippen LogP) is 6.38. The minimum absolute atomic E-state index is 0.0517. The summed E-state index contributed by atoms with van der Waals surface area (Å²) >= 11 is 0. The lowest BCUT2D eigenvalue weighted by Gasteiger charge is -2.24. The Morgan fingerprint density at radius 2 is 1.58 bits per heavy atom. The number of methoxy groups -OCH3 is 1. The Balaban J connectivity index is 1.30. The van der Waals surface area contributed by atoms with Gasteiger partial charge in [-0.15, -0.1) is 0 Å². The molecule has 0 aliphatic heterocycles. The fourth-order valence-corrected chi connectivity index (χ4v) is 7.32. The standard InChI is InChI=1S/C37H37N3O7S/c1-23-14-16-26(17-15-23)48(43,44)40-21-24(31-19-25(45-5)20-38-34(31)40)18-33(35(41)47-37(2,3)4)39-36(42)46-22-32-29-12-8-6-10-27(29)28-11-7-9-13-30(28)32/h6-17,19-21,32-33H,18,22H2,1-5H3,(H,39,42)/t33-/m0/s1. The SMILES string of the molecule is COc1cnc2c(c1)c(C[C@H](NC(=O)OCC1c3ccccc3-c3ccccc31)C(=O)OC(C)(C)C)cn2S(=O)(=O)c1ccc(C)cc1. The molecule has 0 spiro atoms. The van der Waals surface area contributed by atoms with Gasteiger partial charge in [0.2, 0.25) is 0 Å². The number of fused-ring (bicyclic) bond motifs is 4. The van der Waals surface area contributed by atoms with E-state index in [1.54, 1.807) is 39.0 Å². The van der Waals surface area contributed by atoms with Crippen molar-refractivity contribution in [2.24, 2.45) is 0 Å². The molecular formula is C37H37N3O7S. The fourth-order valence-electron chi connectivity index (χ4n) is 5.97. The van der Waals surface area contributed by atoms with Gasteiger partial charge in [0.25, 0.3) is 10.0 Å². The van der Waals surface area contributed by atoms with Crippen LogP contribution in [0.4, 0.5) is 4.79 Å². The number of rotatable bonds is 9. The maximum Gasteiger partial charge on any atom is 0.407 e. The molecule has 11 heteroatoms. The number of pyridine rings is 1. The van der Waals surface area contributed by atoms with Crippen molar-refractivity contribution in [3.05, 3.63) is 114 Å². The summed E-state index contributed by atoms with van der Waals surface area (Å²) in [6, 6.07) is 22.9. The molecule has 5 aromatic rings. The van der Waals surface area contributed by atoms with Gasteiger partial charge in [-0.2, -0.15) is 0 Å². The molecule has 1 aliphatic rings. The molecule has 0 bridgehead atoms. The summed E-state index contributed by atoms with van der Waals surface area (Å²) in [6.45, 7) is 7.10. The van der Waals surface area contributed by atoms with E-state index in [9.17, 15) is 18.0 Å². The topological polar surface area (TPSA) is 126 Å². The van der Waals surface area contributed by atoms with E-state index in [4.69, 9.17) is 14.2 Å². The molecule has 0 radical (unpaired) electrons. The van der Waals surface area contributed by atoms with Gasteiger partial charge in [0.15, 0.2) is 5.65 Å². The summed E-state index contributed by atoms with van der Waals surface area (Å²) in [5.41, 5.74) is 4.93. The number of alkyl carbamates (subject to hydrolysis) is 1. The van der Waals surface area contributed by atoms with Crippen molar-refractivity contribution in [3.63, 3.8) is 0 Å². The fraction of sp³-hybridized carbons (Fsp3) is 0.270. The van der Waals surface area contributed by atoms with Crippen molar-refractivity contribution in [2.45, 2.75) is 56.6 Å². The second-order valence-corrected chi connectivity index (χ2v) is 14.6. The summed E-state index contributed by atoms with van der Waals surface area (Å²) in [6.07, 6.45) is 1.93. The molecule has 0 saturated carbocycles. The van der Waals surface area contributed by atoms with Crippen LogP contribution in [0.25, 0.3) is 22.2 Å². The average molecular weight is 668 g/mol. The Morgan fingerprint density at radius 3 is 2.19 bits per heavy atom.